The highest BCUT2D eigenvalue weighted by Crippen LogP contribution is 2.13. The predicted octanol–water partition coefficient (Wildman–Crippen LogP) is 3.10. The van der Waals surface area contributed by atoms with E-state index in [1.54, 1.807) is 0 Å². The molecule has 3 nitrogen and oxygen atoms in total. The fourth-order valence-corrected chi connectivity index (χ4v) is 2.32. The van der Waals surface area contributed by atoms with Crippen LogP contribution in [0.5, 0.6) is 0 Å². The van der Waals surface area contributed by atoms with Crippen molar-refractivity contribution in [1.29, 1.82) is 0 Å². The Hall–Kier alpha value is -1.90. The Bertz CT molecular complexity index is 624. The first-order chi connectivity index (χ1) is 8.97. The van der Waals surface area contributed by atoms with E-state index in [0.29, 0.717) is 6.42 Å². The van der Waals surface area contributed by atoms with Crippen LogP contribution < -0.4 is 5.56 Å². The third-order valence-electron chi connectivity index (χ3n) is 3.26. The fraction of sp³-hybridized carbons (Fsp3) is 0.375. The molecule has 19 heavy (non-hydrogen) atoms. The van der Waals surface area contributed by atoms with Crippen LogP contribution in [0.15, 0.2) is 29.1 Å². The summed E-state index contributed by atoms with van der Waals surface area (Å²) in [7, 11) is 0. The van der Waals surface area contributed by atoms with E-state index >= 15 is 0 Å². The van der Waals surface area contributed by atoms with Gasteiger partial charge < -0.3 is 4.98 Å². The lowest BCUT2D eigenvalue weighted by atomic mass is 10.0. The Morgan fingerprint density at radius 2 is 1.79 bits per heavy atom. The molecule has 0 aliphatic carbocycles. The summed E-state index contributed by atoms with van der Waals surface area (Å²) in [6.07, 6.45) is 0.661. The molecule has 2 aromatic rings. The van der Waals surface area contributed by atoms with E-state index in [1.165, 1.54) is 5.56 Å². The third kappa shape index (κ3) is 3.11. The standard InChI is InChI=1S/C16H20N2O/c1-10(2)15-12(4)17-14(18-16(15)19)9-13-7-5-11(3)6-8-13/h5-8,10H,9H2,1-4H3,(H,17,18,19). The smallest absolute Gasteiger partial charge is 0.254 e. The second-order valence-corrected chi connectivity index (χ2v) is 5.33. The lowest BCUT2D eigenvalue weighted by Crippen LogP contribution is -2.20. The van der Waals surface area contributed by atoms with Crippen molar-refractivity contribution >= 4 is 0 Å². The Labute approximate surface area is 113 Å². The van der Waals surface area contributed by atoms with Crippen LogP contribution in [-0.4, -0.2) is 9.97 Å². The predicted molar refractivity (Wildman–Crippen MR) is 77.7 cm³/mol. The van der Waals surface area contributed by atoms with Crippen LogP contribution in [0.1, 0.15) is 48.0 Å². The van der Waals surface area contributed by atoms with Gasteiger partial charge >= 0.3 is 0 Å². The number of aromatic amines is 1. The second kappa shape index (κ2) is 5.39. The molecule has 0 saturated carbocycles. The molecule has 3 heteroatoms. The molecule has 1 heterocycles. The van der Waals surface area contributed by atoms with E-state index in [2.05, 4.69) is 41.2 Å². The Morgan fingerprint density at radius 3 is 2.32 bits per heavy atom. The molecule has 1 N–H and O–H groups in total. The molecule has 0 fully saturated rings. The molecule has 0 aliphatic heterocycles. The largest absolute Gasteiger partial charge is 0.310 e. The third-order valence-corrected chi connectivity index (χ3v) is 3.26. The number of aromatic nitrogens is 2. The van der Waals surface area contributed by atoms with Gasteiger partial charge in [-0.25, -0.2) is 4.98 Å². The summed E-state index contributed by atoms with van der Waals surface area (Å²) >= 11 is 0. The highest BCUT2D eigenvalue weighted by Gasteiger charge is 2.11. The van der Waals surface area contributed by atoms with Gasteiger partial charge in [0.1, 0.15) is 5.82 Å². The van der Waals surface area contributed by atoms with Crippen molar-refractivity contribution in [2.24, 2.45) is 0 Å². The monoisotopic (exact) mass is 256 g/mol. The number of rotatable bonds is 3. The molecular formula is C16H20N2O. The number of benzene rings is 1. The summed E-state index contributed by atoms with van der Waals surface area (Å²) in [4.78, 5) is 19.5. The minimum atomic E-state index is -0.00962. The van der Waals surface area contributed by atoms with Gasteiger partial charge in [-0.1, -0.05) is 43.7 Å². The minimum Gasteiger partial charge on any atom is -0.310 e. The van der Waals surface area contributed by atoms with Crippen LogP contribution in [0.25, 0.3) is 0 Å². The molecule has 0 unspecified atom stereocenters. The van der Waals surface area contributed by atoms with Crippen molar-refractivity contribution in [1.82, 2.24) is 9.97 Å². The molecule has 0 atom stereocenters. The molecule has 0 aliphatic rings. The fourth-order valence-electron chi connectivity index (χ4n) is 2.32. The summed E-state index contributed by atoms with van der Waals surface area (Å²) in [5.74, 6) is 0.931. The van der Waals surface area contributed by atoms with Gasteiger partial charge in [0.2, 0.25) is 0 Å². The average molecular weight is 256 g/mol. The Balaban J connectivity index is 2.32. The lowest BCUT2D eigenvalue weighted by molar-refractivity contribution is 0.791. The number of aryl methyl sites for hydroxylation is 2. The zero-order valence-electron chi connectivity index (χ0n) is 11.9. The lowest BCUT2D eigenvalue weighted by Gasteiger charge is -2.09. The van der Waals surface area contributed by atoms with Gasteiger partial charge in [0.05, 0.1) is 0 Å². The summed E-state index contributed by atoms with van der Waals surface area (Å²) in [6.45, 7) is 7.99. The van der Waals surface area contributed by atoms with E-state index in [-0.39, 0.29) is 11.5 Å². The number of H-pyrrole nitrogens is 1. The van der Waals surface area contributed by atoms with Gasteiger partial charge in [0, 0.05) is 17.7 Å². The molecule has 1 aromatic carbocycles. The minimum absolute atomic E-state index is 0.00962. The number of hydrogen-bond acceptors (Lipinski definition) is 2. The number of hydrogen-bond donors (Lipinski definition) is 1. The van der Waals surface area contributed by atoms with Gasteiger partial charge in [-0.2, -0.15) is 0 Å². The first kappa shape index (κ1) is 13.5. The molecular weight excluding hydrogens is 236 g/mol. The second-order valence-electron chi connectivity index (χ2n) is 5.33. The van der Waals surface area contributed by atoms with Crippen LogP contribution in [-0.2, 0) is 6.42 Å². The van der Waals surface area contributed by atoms with Gasteiger partial charge in [-0.05, 0) is 25.3 Å². The van der Waals surface area contributed by atoms with E-state index in [4.69, 9.17) is 0 Å². The summed E-state index contributed by atoms with van der Waals surface area (Å²) in [5.41, 5.74) is 4.00. The number of nitrogens with zero attached hydrogens (tertiary/aromatic N) is 1. The molecule has 0 saturated heterocycles. The molecule has 0 radical (unpaired) electrons. The van der Waals surface area contributed by atoms with Crippen LogP contribution in [0.3, 0.4) is 0 Å². The number of nitrogens with one attached hydrogen (secondary N) is 1. The van der Waals surface area contributed by atoms with Crippen LogP contribution in [0.2, 0.25) is 0 Å². The maximum atomic E-state index is 12.1. The van der Waals surface area contributed by atoms with Crippen molar-refractivity contribution in [2.75, 3.05) is 0 Å². The van der Waals surface area contributed by atoms with Crippen LogP contribution >= 0.6 is 0 Å². The van der Waals surface area contributed by atoms with Crippen molar-refractivity contribution < 1.29 is 0 Å². The van der Waals surface area contributed by atoms with Gasteiger partial charge in [-0.3, -0.25) is 4.79 Å². The normalized spacial score (nSPS) is 11.0. The maximum Gasteiger partial charge on any atom is 0.254 e. The topological polar surface area (TPSA) is 45.8 Å². The maximum absolute atomic E-state index is 12.1. The van der Waals surface area contributed by atoms with Crippen molar-refractivity contribution in [3.05, 3.63) is 62.8 Å². The molecule has 100 valence electrons. The van der Waals surface area contributed by atoms with E-state index < -0.39 is 0 Å². The van der Waals surface area contributed by atoms with Gasteiger partial charge in [0.25, 0.3) is 5.56 Å². The van der Waals surface area contributed by atoms with Gasteiger partial charge in [0.15, 0.2) is 0 Å². The van der Waals surface area contributed by atoms with E-state index in [1.807, 2.05) is 20.8 Å². The van der Waals surface area contributed by atoms with Crippen molar-refractivity contribution in [3.8, 4) is 0 Å². The molecule has 0 amide bonds. The first-order valence-electron chi connectivity index (χ1n) is 6.62. The van der Waals surface area contributed by atoms with E-state index in [9.17, 15) is 4.79 Å². The Morgan fingerprint density at radius 1 is 1.16 bits per heavy atom. The molecule has 1 aromatic heterocycles. The zero-order chi connectivity index (χ0) is 14.0. The highest BCUT2D eigenvalue weighted by molar-refractivity contribution is 5.26. The summed E-state index contributed by atoms with van der Waals surface area (Å²) < 4.78 is 0. The Kier molecular flexibility index (Phi) is 3.84. The molecule has 0 spiro atoms. The summed E-state index contributed by atoms with van der Waals surface area (Å²) in [5, 5.41) is 0. The molecule has 0 bridgehead atoms. The molecule has 2 rings (SSSR count). The van der Waals surface area contributed by atoms with Crippen LogP contribution in [0, 0.1) is 13.8 Å². The van der Waals surface area contributed by atoms with Crippen molar-refractivity contribution in [3.63, 3.8) is 0 Å². The van der Waals surface area contributed by atoms with Crippen molar-refractivity contribution in [2.45, 2.75) is 40.0 Å². The highest BCUT2D eigenvalue weighted by atomic mass is 16.1. The average Bonchev–Trinajstić information content (AvgIpc) is 2.30. The van der Waals surface area contributed by atoms with Crippen LogP contribution in [0.4, 0.5) is 0 Å². The van der Waals surface area contributed by atoms with E-state index in [0.717, 1.165) is 22.6 Å². The first-order valence-corrected chi connectivity index (χ1v) is 6.62. The zero-order valence-corrected chi connectivity index (χ0v) is 11.9. The summed E-state index contributed by atoms with van der Waals surface area (Å²) in [6, 6.07) is 8.29. The SMILES string of the molecule is Cc1ccc(Cc2nc(C)c(C(C)C)c(=O)[nH]2)cc1. The quantitative estimate of drug-likeness (QED) is 0.917. The van der Waals surface area contributed by atoms with Gasteiger partial charge in [-0.15, -0.1) is 0 Å².